The SMILES string of the molecule is CCC(C)C(COc1nnc(-c2ccc(Cl)cc2Cl)o1)Nc1ccc(C(=O)NCCC(=O)O)cc1. The molecule has 0 fully saturated rings. The van der Waals surface area contributed by atoms with Crippen LogP contribution in [0.25, 0.3) is 11.5 Å². The Balaban J connectivity index is 1.60. The molecular weight excluding hydrogens is 495 g/mol. The number of nitrogens with zero attached hydrogens (tertiary/aromatic N) is 2. The normalized spacial score (nSPS) is 12.6. The van der Waals surface area contributed by atoms with E-state index in [9.17, 15) is 9.59 Å². The van der Waals surface area contributed by atoms with Gasteiger partial charge in [0.05, 0.1) is 23.0 Å². The summed E-state index contributed by atoms with van der Waals surface area (Å²) in [4.78, 5) is 22.7. The van der Waals surface area contributed by atoms with Crippen LogP contribution >= 0.6 is 23.2 Å². The Hall–Kier alpha value is -3.30. The zero-order valence-electron chi connectivity index (χ0n) is 19.3. The van der Waals surface area contributed by atoms with E-state index < -0.39 is 5.97 Å². The Kier molecular flexibility index (Phi) is 9.33. The molecule has 1 heterocycles. The number of carbonyl (C=O) groups excluding carboxylic acids is 1. The minimum Gasteiger partial charge on any atom is -0.481 e. The predicted molar refractivity (Wildman–Crippen MR) is 133 cm³/mol. The number of halogens is 2. The minimum atomic E-state index is -0.964. The van der Waals surface area contributed by atoms with E-state index in [0.29, 0.717) is 21.2 Å². The van der Waals surface area contributed by atoms with E-state index in [1.54, 1.807) is 42.5 Å². The van der Waals surface area contributed by atoms with Gasteiger partial charge in [0.25, 0.3) is 11.8 Å². The third-order valence-electron chi connectivity index (χ3n) is 5.41. The highest BCUT2D eigenvalue weighted by Gasteiger charge is 2.20. The van der Waals surface area contributed by atoms with E-state index in [4.69, 9.17) is 37.5 Å². The molecule has 11 heteroatoms. The Morgan fingerprint density at radius 2 is 1.89 bits per heavy atom. The Morgan fingerprint density at radius 3 is 2.54 bits per heavy atom. The van der Waals surface area contributed by atoms with Crippen molar-refractivity contribution in [3.05, 3.63) is 58.1 Å². The number of aromatic nitrogens is 2. The third kappa shape index (κ3) is 7.60. The molecule has 0 aliphatic heterocycles. The smallest absolute Gasteiger partial charge is 0.414 e. The van der Waals surface area contributed by atoms with Crippen molar-refractivity contribution in [3.8, 4) is 17.5 Å². The number of carbonyl (C=O) groups is 2. The maximum atomic E-state index is 12.1. The van der Waals surface area contributed by atoms with Gasteiger partial charge in [-0.2, -0.15) is 0 Å². The number of ether oxygens (including phenoxy) is 1. The average molecular weight is 521 g/mol. The second-order valence-corrected chi connectivity index (χ2v) is 8.77. The Morgan fingerprint density at radius 1 is 1.14 bits per heavy atom. The summed E-state index contributed by atoms with van der Waals surface area (Å²) in [7, 11) is 0. The number of hydrogen-bond acceptors (Lipinski definition) is 7. The fourth-order valence-electron chi connectivity index (χ4n) is 3.15. The molecule has 9 nitrogen and oxygen atoms in total. The van der Waals surface area contributed by atoms with Crippen molar-refractivity contribution >= 4 is 40.8 Å². The highest BCUT2D eigenvalue weighted by Crippen LogP contribution is 2.30. The van der Waals surface area contributed by atoms with Crippen LogP contribution in [0.15, 0.2) is 46.9 Å². The first kappa shape index (κ1) is 26.3. The topological polar surface area (TPSA) is 127 Å². The number of aliphatic carboxylic acids is 1. The van der Waals surface area contributed by atoms with Crippen molar-refractivity contribution in [1.82, 2.24) is 15.5 Å². The highest BCUT2D eigenvalue weighted by molar-refractivity contribution is 6.36. The van der Waals surface area contributed by atoms with Gasteiger partial charge >= 0.3 is 12.0 Å². The van der Waals surface area contributed by atoms with Crippen molar-refractivity contribution in [2.75, 3.05) is 18.5 Å². The number of benzene rings is 2. The highest BCUT2D eigenvalue weighted by atomic mass is 35.5. The summed E-state index contributed by atoms with van der Waals surface area (Å²) < 4.78 is 11.4. The lowest BCUT2D eigenvalue weighted by Gasteiger charge is -2.24. The molecule has 0 radical (unpaired) electrons. The Labute approximate surface area is 212 Å². The minimum absolute atomic E-state index is 0.0227. The molecule has 2 atom stereocenters. The van der Waals surface area contributed by atoms with Crippen molar-refractivity contribution < 1.29 is 23.8 Å². The molecule has 0 aliphatic carbocycles. The van der Waals surface area contributed by atoms with Gasteiger partial charge in [-0.1, -0.05) is 48.6 Å². The molecule has 0 aliphatic rings. The van der Waals surface area contributed by atoms with Crippen LogP contribution in [-0.2, 0) is 4.79 Å². The van der Waals surface area contributed by atoms with Crippen molar-refractivity contribution in [2.45, 2.75) is 32.7 Å². The van der Waals surface area contributed by atoms with Crippen LogP contribution in [0.5, 0.6) is 6.08 Å². The third-order valence-corrected chi connectivity index (χ3v) is 5.96. The summed E-state index contributed by atoms with van der Waals surface area (Å²) in [6.45, 7) is 4.51. The van der Waals surface area contributed by atoms with Gasteiger partial charge < -0.3 is 24.9 Å². The first-order valence-corrected chi connectivity index (χ1v) is 11.8. The van der Waals surface area contributed by atoms with Crippen LogP contribution in [0.2, 0.25) is 10.0 Å². The van der Waals surface area contributed by atoms with E-state index in [0.717, 1.165) is 12.1 Å². The number of hydrogen-bond donors (Lipinski definition) is 3. The number of carboxylic acids is 1. The maximum absolute atomic E-state index is 12.1. The fraction of sp³-hybridized carbons (Fsp3) is 0.333. The quantitative estimate of drug-likeness (QED) is 0.299. The molecule has 186 valence electrons. The van der Waals surface area contributed by atoms with E-state index in [2.05, 4.69) is 34.7 Å². The lowest BCUT2D eigenvalue weighted by atomic mass is 9.99. The number of nitrogens with one attached hydrogen (secondary N) is 2. The van der Waals surface area contributed by atoms with Crippen LogP contribution in [-0.4, -0.2) is 46.4 Å². The molecule has 35 heavy (non-hydrogen) atoms. The van der Waals surface area contributed by atoms with E-state index in [1.165, 1.54) is 0 Å². The molecule has 1 amide bonds. The van der Waals surface area contributed by atoms with Gasteiger partial charge in [0.2, 0.25) is 0 Å². The zero-order chi connectivity index (χ0) is 25.4. The number of rotatable bonds is 12. The molecule has 1 aromatic heterocycles. The summed E-state index contributed by atoms with van der Waals surface area (Å²) in [5.74, 6) is -0.810. The van der Waals surface area contributed by atoms with Gasteiger partial charge in [-0.05, 0) is 48.4 Å². The molecule has 3 rings (SSSR count). The van der Waals surface area contributed by atoms with E-state index in [-0.39, 0.29) is 49.4 Å². The van der Waals surface area contributed by atoms with Gasteiger partial charge in [0, 0.05) is 22.8 Å². The standard InChI is InChI=1S/C24H26Cl2N4O5/c1-3-14(2)20(28-17-7-4-15(5-8-17)22(33)27-11-10-21(31)32)13-34-24-30-29-23(35-24)18-9-6-16(25)12-19(18)26/h4-9,12,14,20,28H,3,10-11,13H2,1-2H3,(H,27,33)(H,31,32). The van der Waals surface area contributed by atoms with Gasteiger partial charge in [0.15, 0.2) is 0 Å². The lowest BCUT2D eigenvalue weighted by molar-refractivity contribution is -0.136. The van der Waals surface area contributed by atoms with Gasteiger partial charge in [0.1, 0.15) is 6.61 Å². The van der Waals surface area contributed by atoms with Crippen LogP contribution in [0.1, 0.15) is 37.0 Å². The number of amides is 1. The maximum Gasteiger partial charge on any atom is 0.414 e. The largest absolute Gasteiger partial charge is 0.481 e. The van der Waals surface area contributed by atoms with Crippen molar-refractivity contribution in [1.29, 1.82) is 0 Å². The van der Waals surface area contributed by atoms with Crippen LogP contribution in [0.3, 0.4) is 0 Å². The second-order valence-electron chi connectivity index (χ2n) is 7.92. The van der Waals surface area contributed by atoms with Crippen LogP contribution < -0.4 is 15.4 Å². The van der Waals surface area contributed by atoms with E-state index >= 15 is 0 Å². The second kappa shape index (κ2) is 12.4. The molecule has 0 saturated heterocycles. The van der Waals surface area contributed by atoms with Crippen LogP contribution in [0, 0.1) is 5.92 Å². The Bertz CT molecular complexity index is 1150. The van der Waals surface area contributed by atoms with E-state index in [1.807, 2.05) is 0 Å². The van der Waals surface area contributed by atoms with Gasteiger partial charge in [-0.3, -0.25) is 9.59 Å². The summed E-state index contributed by atoms with van der Waals surface area (Å²) in [5.41, 5.74) is 1.80. The van der Waals surface area contributed by atoms with Crippen molar-refractivity contribution in [2.24, 2.45) is 5.92 Å². The molecular formula is C24H26Cl2N4O5. The lowest BCUT2D eigenvalue weighted by Crippen LogP contribution is -2.33. The van der Waals surface area contributed by atoms with Crippen molar-refractivity contribution in [3.63, 3.8) is 0 Å². The first-order chi connectivity index (χ1) is 16.8. The molecule has 2 unspecified atom stereocenters. The summed E-state index contributed by atoms with van der Waals surface area (Å²) in [6, 6.07) is 11.8. The first-order valence-electron chi connectivity index (χ1n) is 11.0. The number of carboxylic acid groups (broad SMARTS) is 1. The predicted octanol–water partition coefficient (Wildman–Crippen LogP) is 5.15. The fourth-order valence-corrected chi connectivity index (χ4v) is 3.64. The monoisotopic (exact) mass is 520 g/mol. The molecule has 0 bridgehead atoms. The molecule has 3 aromatic rings. The molecule has 0 saturated carbocycles. The van der Waals surface area contributed by atoms with Gasteiger partial charge in [-0.25, -0.2) is 0 Å². The average Bonchev–Trinajstić information content (AvgIpc) is 3.30. The summed E-state index contributed by atoms with van der Waals surface area (Å²) in [5, 5.41) is 23.5. The van der Waals surface area contributed by atoms with Gasteiger partial charge in [-0.15, -0.1) is 5.10 Å². The van der Waals surface area contributed by atoms with Crippen LogP contribution in [0.4, 0.5) is 5.69 Å². The zero-order valence-corrected chi connectivity index (χ0v) is 20.8. The summed E-state index contributed by atoms with van der Waals surface area (Å²) >= 11 is 12.1. The molecule has 2 aromatic carbocycles. The number of anilines is 1. The molecule has 0 spiro atoms. The molecule has 3 N–H and O–H groups in total. The summed E-state index contributed by atoms with van der Waals surface area (Å²) in [6.07, 6.45) is 0.797.